The van der Waals surface area contributed by atoms with Crippen molar-refractivity contribution in [3.05, 3.63) is 47.8 Å². The quantitative estimate of drug-likeness (QED) is 0.921. The number of nitrogens with one attached hydrogen (secondary N) is 1. The number of sulfone groups is 1. The van der Waals surface area contributed by atoms with E-state index in [1.54, 1.807) is 24.3 Å². The first-order valence-corrected chi connectivity index (χ1v) is 8.47. The van der Waals surface area contributed by atoms with Crippen LogP contribution in [0.1, 0.15) is 16.8 Å². The lowest BCUT2D eigenvalue weighted by Crippen LogP contribution is -2.35. The minimum atomic E-state index is -3.05. The van der Waals surface area contributed by atoms with Crippen molar-refractivity contribution in [1.82, 2.24) is 5.32 Å². The largest absolute Gasteiger partial charge is 0.348 e. The maximum atomic E-state index is 13.7. The van der Waals surface area contributed by atoms with Gasteiger partial charge >= 0.3 is 0 Å². The summed E-state index contributed by atoms with van der Waals surface area (Å²) in [7, 11) is -3.05. The monoisotopic (exact) mass is 307 g/mol. The molecule has 0 radical (unpaired) electrons. The van der Waals surface area contributed by atoms with E-state index in [1.165, 1.54) is 12.1 Å². The maximum Gasteiger partial charge on any atom is 0.252 e. The normalized spacial score (nSPS) is 20.5. The molecule has 1 amide bonds. The summed E-state index contributed by atoms with van der Waals surface area (Å²) in [6.07, 6.45) is 0.424. The molecule has 1 heterocycles. The first kappa shape index (κ1) is 14.0. The van der Waals surface area contributed by atoms with Crippen LogP contribution in [0.5, 0.6) is 0 Å². The molecule has 1 aliphatic heterocycles. The summed E-state index contributed by atoms with van der Waals surface area (Å²) in [4.78, 5) is 12.3. The number of rotatable bonds is 2. The van der Waals surface area contributed by atoms with Crippen LogP contribution in [-0.2, 0) is 9.84 Å². The zero-order valence-electron chi connectivity index (χ0n) is 11.2. The summed E-state index contributed by atoms with van der Waals surface area (Å²) in [6.45, 7) is 0. The van der Waals surface area contributed by atoms with Crippen LogP contribution >= 0.6 is 0 Å². The molecule has 2 aromatic rings. The number of fused-ring (bicyclic) bond motifs is 1. The molecule has 1 unspecified atom stereocenters. The number of halogens is 1. The molecule has 1 saturated heterocycles. The lowest BCUT2D eigenvalue weighted by Gasteiger charge is -2.12. The maximum absolute atomic E-state index is 13.7. The van der Waals surface area contributed by atoms with Gasteiger partial charge in [-0.15, -0.1) is 0 Å². The Morgan fingerprint density at radius 2 is 1.86 bits per heavy atom. The fourth-order valence-electron chi connectivity index (χ4n) is 2.63. The van der Waals surface area contributed by atoms with Gasteiger partial charge in [0.15, 0.2) is 9.84 Å². The third-order valence-electron chi connectivity index (χ3n) is 3.68. The van der Waals surface area contributed by atoms with Crippen molar-refractivity contribution < 1.29 is 17.6 Å². The third-order valence-corrected chi connectivity index (χ3v) is 5.45. The van der Waals surface area contributed by atoms with Gasteiger partial charge in [0.1, 0.15) is 5.82 Å². The average Bonchev–Trinajstić information content (AvgIpc) is 2.78. The molecular formula is C15H14FNO3S. The lowest BCUT2D eigenvalue weighted by atomic mass is 10.0. The summed E-state index contributed by atoms with van der Waals surface area (Å²) in [5, 5.41) is 3.62. The molecule has 1 N–H and O–H groups in total. The summed E-state index contributed by atoms with van der Waals surface area (Å²) >= 11 is 0. The second-order valence-electron chi connectivity index (χ2n) is 5.21. The standard InChI is InChI=1S/C15H14FNO3S/c16-14-6-5-13(11-3-1-2-4-12(11)14)15(18)17-10-7-8-21(19,20)9-10/h1-6,10H,7-9H2,(H,17,18). The van der Waals surface area contributed by atoms with Crippen LogP contribution in [0.4, 0.5) is 4.39 Å². The van der Waals surface area contributed by atoms with E-state index in [4.69, 9.17) is 0 Å². The molecule has 3 rings (SSSR count). The smallest absolute Gasteiger partial charge is 0.252 e. The topological polar surface area (TPSA) is 63.2 Å². The van der Waals surface area contributed by atoms with Gasteiger partial charge in [-0.3, -0.25) is 4.79 Å². The van der Waals surface area contributed by atoms with Gasteiger partial charge in [0.2, 0.25) is 0 Å². The minimum Gasteiger partial charge on any atom is -0.348 e. The van der Waals surface area contributed by atoms with Gasteiger partial charge in [-0.2, -0.15) is 0 Å². The molecule has 0 aliphatic carbocycles. The summed E-state index contributed by atoms with van der Waals surface area (Å²) < 4.78 is 36.6. The van der Waals surface area contributed by atoms with Crippen LogP contribution in [0.15, 0.2) is 36.4 Å². The van der Waals surface area contributed by atoms with Crippen molar-refractivity contribution in [2.75, 3.05) is 11.5 Å². The van der Waals surface area contributed by atoms with Gasteiger partial charge in [0, 0.05) is 17.0 Å². The van der Waals surface area contributed by atoms with Crippen LogP contribution in [0.3, 0.4) is 0 Å². The molecule has 0 aromatic heterocycles. The van der Waals surface area contributed by atoms with Gasteiger partial charge in [-0.05, 0) is 23.9 Å². The molecule has 6 heteroatoms. The Bertz CT molecular complexity index is 817. The van der Waals surface area contributed by atoms with E-state index < -0.39 is 9.84 Å². The molecule has 4 nitrogen and oxygen atoms in total. The molecule has 1 atom stereocenters. The number of benzene rings is 2. The Hall–Kier alpha value is -1.95. The molecule has 2 aromatic carbocycles. The van der Waals surface area contributed by atoms with Crippen LogP contribution in [-0.4, -0.2) is 31.9 Å². The Balaban J connectivity index is 1.91. The highest BCUT2D eigenvalue weighted by atomic mass is 32.2. The van der Waals surface area contributed by atoms with E-state index in [9.17, 15) is 17.6 Å². The molecule has 110 valence electrons. The first-order valence-electron chi connectivity index (χ1n) is 6.65. The SMILES string of the molecule is O=C(NC1CCS(=O)(=O)C1)c1ccc(F)c2ccccc12. The van der Waals surface area contributed by atoms with Gasteiger partial charge in [-0.25, -0.2) is 12.8 Å². The van der Waals surface area contributed by atoms with E-state index in [0.717, 1.165) is 0 Å². The van der Waals surface area contributed by atoms with E-state index in [2.05, 4.69) is 5.32 Å². The highest BCUT2D eigenvalue weighted by Crippen LogP contribution is 2.22. The highest BCUT2D eigenvalue weighted by molar-refractivity contribution is 7.91. The van der Waals surface area contributed by atoms with E-state index in [0.29, 0.717) is 22.8 Å². The molecule has 21 heavy (non-hydrogen) atoms. The van der Waals surface area contributed by atoms with Crippen molar-refractivity contribution in [2.45, 2.75) is 12.5 Å². The fraction of sp³-hybridized carbons (Fsp3) is 0.267. The Kier molecular flexibility index (Phi) is 3.41. The third kappa shape index (κ3) is 2.76. The molecular weight excluding hydrogens is 293 g/mol. The molecule has 1 fully saturated rings. The van der Waals surface area contributed by atoms with Crippen LogP contribution in [0, 0.1) is 5.82 Å². The summed E-state index contributed by atoms with van der Waals surface area (Å²) in [5.74, 6) is -0.682. The molecule has 1 aliphatic rings. The van der Waals surface area contributed by atoms with Crippen molar-refractivity contribution in [1.29, 1.82) is 0 Å². The summed E-state index contributed by atoms with van der Waals surface area (Å²) in [5.41, 5.74) is 0.358. The number of carbonyl (C=O) groups is 1. The highest BCUT2D eigenvalue weighted by Gasteiger charge is 2.29. The number of hydrogen-bond donors (Lipinski definition) is 1. The van der Waals surface area contributed by atoms with E-state index in [-0.39, 0.29) is 29.3 Å². The zero-order chi connectivity index (χ0) is 15.0. The van der Waals surface area contributed by atoms with Crippen molar-refractivity contribution in [3.63, 3.8) is 0 Å². The van der Waals surface area contributed by atoms with Crippen molar-refractivity contribution in [2.24, 2.45) is 0 Å². The van der Waals surface area contributed by atoms with E-state index in [1.807, 2.05) is 0 Å². The Morgan fingerprint density at radius 1 is 1.14 bits per heavy atom. The average molecular weight is 307 g/mol. The predicted octanol–water partition coefficient (Wildman–Crippen LogP) is 1.90. The van der Waals surface area contributed by atoms with Crippen LogP contribution in [0.2, 0.25) is 0 Å². The molecule has 0 spiro atoms. The van der Waals surface area contributed by atoms with Crippen LogP contribution in [0.25, 0.3) is 10.8 Å². The fourth-order valence-corrected chi connectivity index (χ4v) is 4.31. The first-order chi connectivity index (χ1) is 9.96. The number of amides is 1. The zero-order valence-corrected chi connectivity index (χ0v) is 12.0. The number of hydrogen-bond acceptors (Lipinski definition) is 3. The predicted molar refractivity (Wildman–Crippen MR) is 78.4 cm³/mol. The van der Waals surface area contributed by atoms with Gasteiger partial charge in [-0.1, -0.05) is 24.3 Å². The lowest BCUT2D eigenvalue weighted by molar-refractivity contribution is 0.0943. The van der Waals surface area contributed by atoms with Gasteiger partial charge in [0.25, 0.3) is 5.91 Å². The second-order valence-corrected chi connectivity index (χ2v) is 7.44. The Morgan fingerprint density at radius 3 is 2.52 bits per heavy atom. The number of carbonyl (C=O) groups excluding carboxylic acids is 1. The van der Waals surface area contributed by atoms with Crippen molar-refractivity contribution >= 4 is 26.5 Å². The molecule has 0 bridgehead atoms. The van der Waals surface area contributed by atoms with Gasteiger partial charge in [0.05, 0.1) is 11.5 Å². The summed E-state index contributed by atoms with van der Waals surface area (Å²) in [6, 6.07) is 9.04. The van der Waals surface area contributed by atoms with Crippen molar-refractivity contribution in [3.8, 4) is 0 Å². The minimum absolute atomic E-state index is 0.0299. The van der Waals surface area contributed by atoms with E-state index >= 15 is 0 Å². The Labute approximate surface area is 121 Å². The molecule has 0 saturated carbocycles. The second kappa shape index (κ2) is 5.11. The van der Waals surface area contributed by atoms with Crippen LogP contribution < -0.4 is 5.32 Å². The van der Waals surface area contributed by atoms with Gasteiger partial charge < -0.3 is 5.32 Å².